The van der Waals surface area contributed by atoms with Gasteiger partial charge in [0.15, 0.2) is 6.10 Å². The molecule has 0 aliphatic rings. The predicted octanol–water partition coefficient (Wildman–Crippen LogP) is 5.04. The van der Waals surface area contributed by atoms with E-state index < -0.39 is 17.8 Å². The van der Waals surface area contributed by atoms with Gasteiger partial charge < -0.3 is 10.1 Å². The number of amides is 1. The molecule has 3 nitrogen and oxygen atoms in total. The van der Waals surface area contributed by atoms with Crippen LogP contribution < -0.4 is 10.1 Å². The van der Waals surface area contributed by atoms with Crippen LogP contribution in [0.5, 0.6) is 5.75 Å². The van der Waals surface area contributed by atoms with Crippen LogP contribution in [0.4, 0.5) is 18.9 Å². The summed E-state index contributed by atoms with van der Waals surface area (Å²) in [6, 6.07) is 8.18. The summed E-state index contributed by atoms with van der Waals surface area (Å²) in [5.41, 5.74) is 2.93. The quantitative estimate of drug-likeness (QED) is 0.838. The highest BCUT2D eigenvalue weighted by atomic mass is 19.4. The molecule has 0 aromatic heterocycles. The van der Waals surface area contributed by atoms with Crippen LogP contribution in [0.15, 0.2) is 36.4 Å². The molecule has 25 heavy (non-hydrogen) atoms. The maximum absolute atomic E-state index is 12.6. The normalized spacial score (nSPS) is 12.6. The maximum atomic E-state index is 12.6. The molecule has 2 aromatic carbocycles. The fourth-order valence-electron chi connectivity index (χ4n) is 2.58. The van der Waals surface area contributed by atoms with E-state index in [1.54, 1.807) is 6.92 Å². The molecule has 0 saturated carbocycles. The van der Waals surface area contributed by atoms with E-state index in [4.69, 9.17) is 4.74 Å². The Hall–Kier alpha value is -2.50. The maximum Gasteiger partial charge on any atom is 0.416 e. The van der Waals surface area contributed by atoms with E-state index >= 15 is 0 Å². The summed E-state index contributed by atoms with van der Waals surface area (Å²) in [6.07, 6.45) is -5.25. The van der Waals surface area contributed by atoms with Crippen LogP contribution in [-0.2, 0) is 11.0 Å². The van der Waals surface area contributed by atoms with Gasteiger partial charge in [0.1, 0.15) is 5.75 Å². The van der Waals surface area contributed by atoms with Crippen molar-refractivity contribution in [3.05, 3.63) is 58.7 Å². The van der Waals surface area contributed by atoms with Gasteiger partial charge in [-0.3, -0.25) is 4.79 Å². The van der Waals surface area contributed by atoms with E-state index in [0.29, 0.717) is 0 Å². The Bertz CT molecular complexity index is 744. The van der Waals surface area contributed by atoms with E-state index in [2.05, 4.69) is 5.32 Å². The second-order valence-electron chi connectivity index (χ2n) is 6.05. The average molecular weight is 351 g/mol. The van der Waals surface area contributed by atoms with Crippen LogP contribution in [-0.4, -0.2) is 12.0 Å². The van der Waals surface area contributed by atoms with Crippen molar-refractivity contribution in [1.29, 1.82) is 0 Å². The van der Waals surface area contributed by atoms with Gasteiger partial charge in [-0.1, -0.05) is 17.7 Å². The van der Waals surface area contributed by atoms with Gasteiger partial charge in [0, 0.05) is 5.69 Å². The molecule has 2 rings (SSSR count). The standard InChI is InChI=1S/C19H20F3NO2/c1-11-9-12(2)17(13(3)10-11)23-18(24)14(4)25-16-7-5-15(6-8-16)19(20,21)22/h5-10,14H,1-4H3,(H,23,24)/t14-/m1/s1. The highest BCUT2D eigenvalue weighted by molar-refractivity contribution is 5.95. The highest BCUT2D eigenvalue weighted by Gasteiger charge is 2.30. The van der Waals surface area contributed by atoms with Gasteiger partial charge in [-0.2, -0.15) is 13.2 Å². The molecule has 6 heteroatoms. The van der Waals surface area contributed by atoms with Crippen molar-refractivity contribution in [1.82, 2.24) is 0 Å². The molecule has 2 aromatic rings. The number of nitrogens with one attached hydrogen (secondary N) is 1. The summed E-state index contributed by atoms with van der Waals surface area (Å²) in [5, 5.41) is 2.82. The summed E-state index contributed by atoms with van der Waals surface area (Å²) in [4.78, 5) is 12.3. The van der Waals surface area contributed by atoms with Crippen molar-refractivity contribution < 1.29 is 22.7 Å². The van der Waals surface area contributed by atoms with Crippen LogP contribution in [0, 0.1) is 20.8 Å². The van der Waals surface area contributed by atoms with E-state index in [1.165, 1.54) is 12.1 Å². The third-order valence-corrected chi connectivity index (χ3v) is 3.79. The van der Waals surface area contributed by atoms with Gasteiger partial charge in [0.25, 0.3) is 5.91 Å². The molecule has 1 atom stereocenters. The Balaban J connectivity index is 2.06. The third-order valence-electron chi connectivity index (χ3n) is 3.79. The molecule has 1 amide bonds. The third kappa shape index (κ3) is 4.75. The number of hydrogen-bond donors (Lipinski definition) is 1. The van der Waals surface area contributed by atoms with Crippen LogP contribution in [0.2, 0.25) is 0 Å². The minimum atomic E-state index is -4.40. The summed E-state index contributed by atoms with van der Waals surface area (Å²) < 4.78 is 43.1. The zero-order valence-electron chi connectivity index (χ0n) is 14.5. The van der Waals surface area contributed by atoms with Crippen molar-refractivity contribution in [3.63, 3.8) is 0 Å². The molecule has 0 aliphatic heterocycles. The fraction of sp³-hybridized carbons (Fsp3) is 0.316. The molecule has 0 aliphatic carbocycles. The van der Waals surface area contributed by atoms with Gasteiger partial charge >= 0.3 is 6.18 Å². The molecule has 0 spiro atoms. The lowest BCUT2D eigenvalue weighted by atomic mass is 10.0. The summed E-state index contributed by atoms with van der Waals surface area (Å²) in [5.74, 6) is -0.164. The lowest BCUT2D eigenvalue weighted by Gasteiger charge is -2.18. The lowest BCUT2D eigenvalue weighted by Crippen LogP contribution is -2.30. The zero-order valence-corrected chi connectivity index (χ0v) is 14.5. The number of alkyl halides is 3. The summed E-state index contributed by atoms with van der Waals surface area (Å²) in [6.45, 7) is 7.32. The largest absolute Gasteiger partial charge is 0.481 e. The minimum absolute atomic E-state index is 0.202. The molecule has 0 unspecified atom stereocenters. The first-order valence-corrected chi connectivity index (χ1v) is 7.80. The summed E-state index contributed by atoms with van der Waals surface area (Å²) in [7, 11) is 0. The number of benzene rings is 2. The Kier molecular flexibility index (Phi) is 5.40. The molecular weight excluding hydrogens is 331 g/mol. The number of carbonyl (C=O) groups excluding carboxylic acids is 1. The van der Waals surface area contributed by atoms with Crippen molar-refractivity contribution >= 4 is 11.6 Å². The smallest absolute Gasteiger partial charge is 0.416 e. The number of halogens is 3. The van der Waals surface area contributed by atoms with Crippen LogP contribution >= 0.6 is 0 Å². The zero-order chi connectivity index (χ0) is 18.8. The monoisotopic (exact) mass is 351 g/mol. The number of aryl methyl sites for hydroxylation is 3. The van der Waals surface area contributed by atoms with E-state index in [1.807, 2.05) is 32.9 Å². The van der Waals surface area contributed by atoms with E-state index in [0.717, 1.165) is 34.5 Å². The number of rotatable bonds is 4. The van der Waals surface area contributed by atoms with E-state index in [9.17, 15) is 18.0 Å². The van der Waals surface area contributed by atoms with Gasteiger partial charge in [0.05, 0.1) is 5.56 Å². The van der Waals surface area contributed by atoms with Crippen LogP contribution in [0.25, 0.3) is 0 Å². The fourth-order valence-corrected chi connectivity index (χ4v) is 2.58. The van der Waals surface area contributed by atoms with Crippen LogP contribution in [0.3, 0.4) is 0 Å². The Morgan fingerprint density at radius 1 is 1.04 bits per heavy atom. The number of ether oxygens (including phenoxy) is 1. The molecule has 0 heterocycles. The molecule has 134 valence electrons. The number of carbonyl (C=O) groups is 1. The van der Waals surface area contributed by atoms with Gasteiger partial charge in [-0.05, 0) is 63.1 Å². The van der Waals surface area contributed by atoms with E-state index in [-0.39, 0.29) is 11.7 Å². The van der Waals surface area contributed by atoms with Crippen molar-refractivity contribution in [3.8, 4) is 5.75 Å². The van der Waals surface area contributed by atoms with Gasteiger partial charge in [0.2, 0.25) is 0 Å². The van der Waals surface area contributed by atoms with Crippen molar-refractivity contribution in [2.75, 3.05) is 5.32 Å². The number of anilines is 1. The Morgan fingerprint density at radius 3 is 2.04 bits per heavy atom. The SMILES string of the molecule is Cc1cc(C)c(NC(=O)[C@@H](C)Oc2ccc(C(F)(F)F)cc2)c(C)c1. The first-order valence-electron chi connectivity index (χ1n) is 7.80. The minimum Gasteiger partial charge on any atom is -0.481 e. The second-order valence-corrected chi connectivity index (χ2v) is 6.05. The molecule has 0 saturated heterocycles. The molecule has 0 radical (unpaired) electrons. The second kappa shape index (κ2) is 7.17. The Labute approximate surface area is 144 Å². The van der Waals surface area contributed by atoms with Gasteiger partial charge in [-0.25, -0.2) is 0 Å². The number of hydrogen-bond acceptors (Lipinski definition) is 2. The first kappa shape index (κ1) is 18.8. The Morgan fingerprint density at radius 2 is 1.56 bits per heavy atom. The van der Waals surface area contributed by atoms with Gasteiger partial charge in [-0.15, -0.1) is 0 Å². The molecule has 0 fully saturated rings. The predicted molar refractivity (Wildman–Crippen MR) is 90.8 cm³/mol. The first-order chi connectivity index (χ1) is 11.6. The van der Waals surface area contributed by atoms with Crippen LogP contribution in [0.1, 0.15) is 29.2 Å². The average Bonchev–Trinajstić information content (AvgIpc) is 2.50. The highest BCUT2D eigenvalue weighted by Crippen LogP contribution is 2.30. The summed E-state index contributed by atoms with van der Waals surface area (Å²) >= 11 is 0. The molecular formula is C19H20F3NO2. The molecule has 1 N–H and O–H groups in total. The topological polar surface area (TPSA) is 38.3 Å². The van der Waals surface area contributed by atoms with Crippen molar-refractivity contribution in [2.24, 2.45) is 0 Å². The molecule has 0 bridgehead atoms. The lowest BCUT2D eigenvalue weighted by molar-refractivity contribution is -0.137. The van der Waals surface area contributed by atoms with Crippen molar-refractivity contribution in [2.45, 2.75) is 40.0 Å².